The minimum Gasteiger partial charge on any atom is -0.490 e. The first-order valence-corrected chi connectivity index (χ1v) is 11.0. The lowest BCUT2D eigenvalue weighted by atomic mass is 10.1. The zero-order valence-corrected chi connectivity index (χ0v) is 19.6. The van der Waals surface area contributed by atoms with Crippen LogP contribution in [0, 0.1) is 0 Å². The Hall–Kier alpha value is -2.38. The molecular weight excluding hydrogens is 459 g/mol. The summed E-state index contributed by atoms with van der Waals surface area (Å²) in [5.41, 5.74) is 0.149. The second-order valence-corrected chi connectivity index (χ2v) is 7.54. The van der Waals surface area contributed by atoms with Gasteiger partial charge in [-0.25, -0.2) is 0 Å². The number of hydrogen-bond donors (Lipinski definition) is 1. The summed E-state index contributed by atoms with van der Waals surface area (Å²) in [7, 11) is 0. The van der Waals surface area contributed by atoms with Gasteiger partial charge in [0.25, 0.3) is 0 Å². The number of carbonyl (C=O) groups excluding carboxylic acids is 1. The van der Waals surface area contributed by atoms with Gasteiger partial charge in [0.1, 0.15) is 17.4 Å². The van der Waals surface area contributed by atoms with E-state index in [4.69, 9.17) is 28.6 Å². The molecule has 174 valence electrons. The third kappa shape index (κ3) is 10.3. The van der Waals surface area contributed by atoms with E-state index in [-0.39, 0.29) is 11.6 Å². The molecule has 1 N–H and O–H groups in total. The van der Waals surface area contributed by atoms with Crippen LogP contribution in [0.25, 0.3) is 0 Å². The molecule has 0 saturated carbocycles. The molecule has 1 aromatic carbocycles. The van der Waals surface area contributed by atoms with Crippen molar-refractivity contribution in [3.8, 4) is 0 Å². The van der Waals surface area contributed by atoms with Gasteiger partial charge in [0.15, 0.2) is 6.29 Å². The lowest BCUT2D eigenvalue weighted by molar-refractivity contribution is -0.137. The Morgan fingerprint density at radius 2 is 1.84 bits per heavy atom. The van der Waals surface area contributed by atoms with Crippen molar-refractivity contribution in [3.63, 3.8) is 0 Å². The van der Waals surface area contributed by atoms with Gasteiger partial charge in [0.2, 0.25) is 0 Å². The smallest absolute Gasteiger partial charge is 0.416 e. The number of thiocarbonyl (C=S) groups is 1. The summed E-state index contributed by atoms with van der Waals surface area (Å²) in [6.07, 6.45) is 9.13. The highest BCUT2D eigenvalue weighted by Gasteiger charge is 2.30. The first kappa shape index (κ1) is 27.7. The maximum atomic E-state index is 12.5. The van der Waals surface area contributed by atoms with Crippen LogP contribution >= 0.6 is 23.8 Å². The molecule has 0 fully saturated rings. The lowest BCUT2D eigenvalue weighted by Crippen LogP contribution is -2.16. The summed E-state index contributed by atoms with van der Waals surface area (Å²) in [4.78, 5) is 11.1. The fourth-order valence-corrected chi connectivity index (χ4v) is 2.88. The van der Waals surface area contributed by atoms with Crippen LogP contribution in [0.15, 0.2) is 71.1 Å². The number of halogens is 4. The molecular formula is C24H27ClF3NO2S. The molecule has 32 heavy (non-hydrogen) atoms. The van der Waals surface area contributed by atoms with Crippen LogP contribution in [-0.4, -0.2) is 17.9 Å². The molecule has 1 aliphatic rings. The monoisotopic (exact) mass is 485 g/mol. The Kier molecular flexibility index (Phi) is 12.7. The molecule has 2 rings (SSSR count). The average molecular weight is 486 g/mol. The molecule has 0 spiro atoms. The van der Waals surface area contributed by atoms with Crippen molar-refractivity contribution >= 4 is 35.1 Å². The summed E-state index contributed by atoms with van der Waals surface area (Å²) in [6.45, 7) is 4.64. The standard InChI is InChI=1S/C19H15ClF3NO2S.C5H12/c20-17-11-16(4-1-3-14(17)12-25)26-10-2-9-24-18(27)13-5-7-15(8-6-13)19(21,22)23;1-3-5-4-2/h2-9,11-12H,1,10H2,(H,24,27);3-5H2,1-2H3/b9-2+;. The van der Waals surface area contributed by atoms with Crippen molar-refractivity contribution in [1.29, 1.82) is 0 Å². The second-order valence-electron chi connectivity index (χ2n) is 6.73. The first-order chi connectivity index (χ1) is 15.2. The molecule has 0 atom stereocenters. The van der Waals surface area contributed by atoms with E-state index >= 15 is 0 Å². The number of carbonyl (C=O) groups is 1. The molecule has 1 aliphatic carbocycles. The fraction of sp³-hybridized carbons (Fsp3) is 0.333. The third-order valence-electron chi connectivity index (χ3n) is 4.19. The molecule has 3 nitrogen and oxygen atoms in total. The lowest BCUT2D eigenvalue weighted by Gasteiger charge is -2.08. The van der Waals surface area contributed by atoms with E-state index in [0.717, 1.165) is 12.1 Å². The van der Waals surface area contributed by atoms with Crippen molar-refractivity contribution < 1.29 is 22.7 Å². The van der Waals surface area contributed by atoms with E-state index in [1.807, 2.05) is 0 Å². The van der Waals surface area contributed by atoms with Crippen molar-refractivity contribution in [2.24, 2.45) is 0 Å². The summed E-state index contributed by atoms with van der Waals surface area (Å²) in [5.74, 6) is 0.531. The molecule has 1 aromatic rings. The van der Waals surface area contributed by atoms with E-state index < -0.39 is 11.7 Å². The molecule has 0 radical (unpaired) electrons. The maximum absolute atomic E-state index is 12.5. The molecule has 0 heterocycles. The average Bonchev–Trinajstić information content (AvgIpc) is 2.94. The summed E-state index contributed by atoms with van der Waals surface area (Å²) in [6, 6.07) is 4.57. The van der Waals surface area contributed by atoms with Crippen LogP contribution < -0.4 is 5.32 Å². The Balaban J connectivity index is 0.000000920. The van der Waals surface area contributed by atoms with Gasteiger partial charge in [-0.15, -0.1) is 0 Å². The van der Waals surface area contributed by atoms with Crippen molar-refractivity contribution in [2.75, 3.05) is 6.61 Å². The number of alkyl halides is 3. The van der Waals surface area contributed by atoms with Gasteiger partial charge in [-0.3, -0.25) is 4.79 Å². The van der Waals surface area contributed by atoms with E-state index in [1.165, 1.54) is 37.6 Å². The van der Waals surface area contributed by atoms with Crippen LogP contribution in [0.2, 0.25) is 0 Å². The normalized spacial score (nSPS) is 13.8. The molecule has 0 aromatic heterocycles. The highest BCUT2D eigenvalue weighted by Crippen LogP contribution is 2.29. The second kappa shape index (κ2) is 14.6. The van der Waals surface area contributed by atoms with Gasteiger partial charge in [-0.2, -0.15) is 13.2 Å². The van der Waals surface area contributed by atoms with Gasteiger partial charge in [0, 0.05) is 17.3 Å². The Morgan fingerprint density at radius 3 is 2.38 bits per heavy atom. The number of rotatable bonds is 8. The number of nitrogens with one attached hydrogen (secondary N) is 1. The molecule has 0 bridgehead atoms. The van der Waals surface area contributed by atoms with Crippen LogP contribution in [0.5, 0.6) is 0 Å². The van der Waals surface area contributed by atoms with E-state index in [2.05, 4.69) is 19.2 Å². The van der Waals surface area contributed by atoms with Crippen LogP contribution in [0.3, 0.4) is 0 Å². The molecule has 0 saturated heterocycles. The molecule has 0 unspecified atom stereocenters. The topological polar surface area (TPSA) is 38.3 Å². The van der Waals surface area contributed by atoms with Crippen molar-refractivity contribution in [1.82, 2.24) is 5.32 Å². The number of hydrogen-bond acceptors (Lipinski definition) is 3. The summed E-state index contributed by atoms with van der Waals surface area (Å²) >= 11 is 11.1. The summed E-state index contributed by atoms with van der Waals surface area (Å²) in [5, 5.41) is 3.11. The van der Waals surface area contributed by atoms with Crippen LogP contribution in [0.1, 0.15) is 50.7 Å². The van der Waals surface area contributed by atoms with Crippen molar-refractivity contribution in [2.45, 2.75) is 45.7 Å². The van der Waals surface area contributed by atoms with E-state index in [1.54, 1.807) is 24.3 Å². The number of ether oxygens (including phenoxy) is 1. The van der Waals surface area contributed by atoms with Gasteiger partial charge in [-0.05, 0) is 36.8 Å². The maximum Gasteiger partial charge on any atom is 0.416 e. The van der Waals surface area contributed by atoms with Gasteiger partial charge in [0.05, 0.1) is 10.6 Å². The highest BCUT2D eigenvalue weighted by molar-refractivity contribution is 7.80. The molecule has 0 aliphatic heterocycles. The van der Waals surface area contributed by atoms with Gasteiger partial charge >= 0.3 is 6.18 Å². The Labute approximate surface area is 197 Å². The zero-order chi connectivity index (χ0) is 24.0. The predicted molar refractivity (Wildman–Crippen MR) is 127 cm³/mol. The quantitative estimate of drug-likeness (QED) is 0.311. The minimum absolute atomic E-state index is 0.214. The number of aldehydes is 1. The number of allylic oxidation sites excluding steroid dienone is 5. The molecule has 8 heteroatoms. The SMILES string of the molecule is CCCCC.O=CC1=CCC=C(OC/C=C/NC(=S)c2ccc(C(F)(F)F)cc2)C=C1Cl. The largest absolute Gasteiger partial charge is 0.490 e. The minimum atomic E-state index is -4.38. The van der Waals surface area contributed by atoms with Crippen LogP contribution in [0.4, 0.5) is 13.2 Å². The van der Waals surface area contributed by atoms with Gasteiger partial charge < -0.3 is 10.1 Å². The third-order valence-corrected chi connectivity index (χ3v) is 4.87. The zero-order valence-electron chi connectivity index (χ0n) is 18.0. The fourth-order valence-electron chi connectivity index (χ4n) is 2.45. The highest BCUT2D eigenvalue weighted by atomic mass is 35.5. The Bertz CT molecular complexity index is 870. The van der Waals surface area contributed by atoms with E-state index in [9.17, 15) is 18.0 Å². The van der Waals surface area contributed by atoms with Gasteiger partial charge in [-0.1, -0.05) is 75.1 Å². The van der Waals surface area contributed by atoms with E-state index in [0.29, 0.717) is 34.6 Å². The Morgan fingerprint density at radius 1 is 1.19 bits per heavy atom. The number of benzene rings is 1. The first-order valence-electron chi connectivity index (χ1n) is 10.2. The van der Waals surface area contributed by atoms with Crippen molar-refractivity contribution in [3.05, 3.63) is 82.3 Å². The number of unbranched alkanes of at least 4 members (excludes halogenated alkanes) is 2. The summed E-state index contributed by atoms with van der Waals surface area (Å²) < 4.78 is 43.1. The van der Waals surface area contributed by atoms with Crippen LogP contribution in [-0.2, 0) is 15.7 Å². The molecule has 0 amide bonds. The predicted octanol–water partition coefficient (Wildman–Crippen LogP) is 7.23.